The van der Waals surface area contributed by atoms with Crippen molar-refractivity contribution in [3.8, 4) is 11.5 Å². The van der Waals surface area contributed by atoms with E-state index in [2.05, 4.69) is 11.4 Å². The van der Waals surface area contributed by atoms with Gasteiger partial charge < -0.3 is 14.8 Å². The molecule has 0 bridgehead atoms. The van der Waals surface area contributed by atoms with E-state index >= 15 is 0 Å². The molecular weight excluding hydrogens is 333 g/mol. The van der Waals surface area contributed by atoms with E-state index in [1.54, 1.807) is 19.1 Å². The maximum Gasteiger partial charge on any atom is 0.260 e. The Morgan fingerprint density at radius 2 is 1.92 bits per heavy atom. The zero-order valence-corrected chi connectivity index (χ0v) is 15.0. The van der Waals surface area contributed by atoms with E-state index in [1.807, 2.05) is 12.1 Å². The van der Waals surface area contributed by atoms with Gasteiger partial charge in [0.2, 0.25) is 0 Å². The van der Waals surface area contributed by atoms with Gasteiger partial charge in [0.1, 0.15) is 23.9 Å². The fourth-order valence-corrected chi connectivity index (χ4v) is 3.12. The Balaban J connectivity index is 1.45. The lowest BCUT2D eigenvalue weighted by Crippen LogP contribution is -2.38. The molecule has 4 nitrogen and oxygen atoms in total. The topological polar surface area (TPSA) is 47.6 Å². The van der Waals surface area contributed by atoms with Crippen LogP contribution in [0, 0.1) is 5.82 Å². The van der Waals surface area contributed by atoms with Crippen LogP contribution in [0.2, 0.25) is 0 Å². The van der Waals surface area contributed by atoms with E-state index in [0.29, 0.717) is 18.9 Å². The molecular formula is C21H24FNO3. The Morgan fingerprint density at radius 1 is 1.15 bits per heavy atom. The molecule has 2 aromatic rings. The van der Waals surface area contributed by atoms with Crippen molar-refractivity contribution < 1.29 is 18.7 Å². The molecule has 1 aliphatic rings. The molecule has 0 aromatic heterocycles. The Labute approximate surface area is 153 Å². The summed E-state index contributed by atoms with van der Waals surface area (Å²) in [6, 6.07) is 11.8. The first-order chi connectivity index (χ1) is 12.6. The predicted molar refractivity (Wildman–Crippen MR) is 98.1 cm³/mol. The molecule has 1 amide bonds. The van der Waals surface area contributed by atoms with Crippen molar-refractivity contribution in [2.45, 2.75) is 38.7 Å². The molecule has 0 radical (unpaired) electrons. The number of benzene rings is 2. The number of amides is 1. The molecule has 3 rings (SSSR count). The third-order valence-electron chi connectivity index (χ3n) is 4.51. The largest absolute Gasteiger partial charge is 0.492 e. The Bertz CT molecular complexity index is 745. The molecule has 26 heavy (non-hydrogen) atoms. The van der Waals surface area contributed by atoms with Crippen LogP contribution in [0.3, 0.4) is 0 Å². The number of halogens is 1. The Hall–Kier alpha value is -2.56. The molecule has 1 N–H and O–H groups in total. The van der Waals surface area contributed by atoms with Crippen molar-refractivity contribution >= 4 is 5.91 Å². The van der Waals surface area contributed by atoms with Gasteiger partial charge in [-0.1, -0.05) is 12.1 Å². The number of hydrogen-bond acceptors (Lipinski definition) is 3. The number of ether oxygens (including phenoxy) is 2. The highest BCUT2D eigenvalue weighted by Gasteiger charge is 2.19. The van der Waals surface area contributed by atoms with Crippen molar-refractivity contribution in [2.24, 2.45) is 0 Å². The van der Waals surface area contributed by atoms with Crippen LogP contribution in [0.1, 0.15) is 30.9 Å². The summed E-state index contributed by atoms with van der Waals surface area (Å²) in [4.78, 5) is 12.2. The molecule has 0 unspecified atom stereocenters. The van der Waals surface area contributed by atoms with Crippen LogP contribution in [-0.4, -0.2) is 25.2 Å². The van der Waals surface area contributed by atoms with E-state index in [1.165, 1.54) is 29.7 Å². The molecule has 0 fully saturated rings. The van der Waals surface area contributed by atoms with Gasteiger partial charge in [0, 0.05) is 0 Å². The second kappa shape index (κ2) is 8.70. The van der Waals surface area contributed by atoms with Gasteiger partial charge in [-0.25, -0.2) is 4.39 Å². The summed E-state index contributed by atoms with van der Waals surface area (Å²) in [5, 5.41) is 2.80. The molecule has 5 heteroatoms. The molecule has 0 saturated carbocycles. The average molecular weight is 357 g/mol. The summed E-state index contributed by atoms with van der Waals surface area (Å²) < 4.78 is 24.2. The minimum atomic E-state index is -0.575. The fraction of sp³-hybridized carbons (Fsp3) is 0.381. The number of rotatable bonds is 7. The van der Waals surface area contributed by atoms with E-state index in [-0.39, 0.29) is 11.7 Å². The van der Waals surface area contributed by atoms with Crippen LogP contribution >= 0.6 is 0 Å². The maximum atomic E-state index is 12.8. The van der Waals surface area contributed by atoms with Gasteiger partial charge in [-0.2, -0.15) is 0 Å². The SMILES string of the molecule is C[C@H](Oc1cccc2c1CCCC2)C(=O)NCCOc1ccc(F)cc1. The summed E-state index contributed by atoms with van der Waals surface area (Å²) in [5.74, 6) is 0.897. The van der Waals surface area contributed by atoms with Crippen molar-refractivity contribution in [3.63, 3.8) is 0 Å². The van der Waals surface area contributed by atoms with Crippen LogP contribution in [0.5, 0.6) is 11.5 Å². The average Bonchev–Trinajstić information content (AvgIpc) is 2.66. The number of carbonyl (C=O) groups excluding carboxylic acids is 1. The number of fused-ring (bicyclic) bond motifs is 1. The molecule has 1 aliphatic carbocycles. The van der Waals surface area contributed by atoms with Crippen molar-refractivity contribution in [1.82, 2.24) is 5.32 Å². The third kappa shape index (κ3) is 4.75. The number of carbonyl (C=O) groups is 1. The van der Waals surface area contributed by atoms with Crippen LogP contribution < -0.4 is 14.8 Å². The van der Waals surface area contributed by atoms with Gasteiger partial charge in [-0.15, -0.1) is 0 Å². The molecule has 0 spiro atoms. The smallest absolute Gasteiger partial charge is 0.260 e. The molecule has 2 aromatic carbocycles. The quantitative estimate of drug-likeness (QED) is 0.769. The van der Waals surface area contributed by atoms with Gasteiger partial charge in [0.15, 0.2) is 6.10 Å². The van der Waals surface area contributed by atoms with Crippen molar-refractivity contribution in [2.75, 3.05) is 13.2 Å². The fourth-order valence-electron chi connectivity index (χ4n) is 3.12. The van der Waals surface area contributed by atoms with E-state index < -0.39 is 6.10 Å². The molecule has 0 saturated heterocycles. The minimum Gasteiger partial charge on any atom is -0.492 e. The molecule has 0 heterocycles. The first kappa shape index (κ1) is 18.2. The summed E-state index contributed by atoms with van der Waals surface area (Å²) in [5.41, 5.74) is 2.56. The zero-order chi connectivity index (χ0) is 18.4. The summed E-state index contributed by atoms with van der Waals surface area (Å²) in [6.07, 6.45) is 3.88. The van der Waals surface area contributed by atoms with Gasteiger partial charge in [-0.3, -0.25) is 4.79 Å². The lowest BCUT2D eigenvalue weighted by Gasteiger charge is -2.22. The summed E-state index contributed by atoms with van der Waals surface area (Å²) >= 11 is 0. The number of nitrogens with one attached hydrogen (secondary N) is 1. The van der Waals surface area contributed by atoms with Gasteiger partial charge in [-0.05, 0) is 74.1 Å². The zero-order valence-electron chi connectivity index (χ0n) is 15.0. The molecule has 138 valence electrons. The molecule has 0 aliphatic heterocycles. The monoisotopic (exact) mass is 357 g/mol. The maximum absolute atomic E-state index is 12.8. The molecule has 1 atom stereocenters. The van der Waals surface area contributed by atoms with E-state index in [4.69, 9.17) is 9.47 Å². The predicted octanol–water partition coefficient (Wildman–Crippen LogP) is 3.67. The van der Waals surface area contributed by atoms with E-state index in [9.17, 15) is 9.18 Å². The number of aryl methyl sites for hydroxylation is 1. The van der Waals surface area contributed by atoms with Crippen molar-refractivity contribution in [3.05, 3.63) is 59.4 Å². The highest BCUT2D eigenvalue weighted by molar-refractivity contribution is 5.80. The van der Waals surface area contributed by atoms with Gasteiger partial charge in [0.05, 0.1) is 6.54 Å². The first-order valence-corrected chi connectivity index (χ1v) is 9.07. The Kier molecular flexibility index (Phi) is 6.10. The van der Waals surface area contributed by atoms with Gasteiger partial charge >= 0.3 is 0 Å². The third-order valence-corrected chi connectivity index (χ3v) is 4.51. The minimum absolute atomic E-state index is 0.180. The standard InChI is InChI=1S/C21H24FNO3/c1-15(26-20-8-4-6-16-5-2-3-7-19(16)20)21(24)23-13-14-25-18-11-9-17(22)10-12-18/h4,6,8-12,15H,2-3,5,7,13-14H2,1H3,(H,23,24)/t15-/m0/s1. The van der Waals surface area contributed by atoms with Crippen LogP contribution in [0.15, 0.2) is 42.5 Å². The summed E-state index contributed by atoms with van der Waals surface area (Å²) in [6.45, 7) is 2.42. The lowest BCUT2D eigenvalue weighted by atomic mass is 9.91. The van der Waals surface area contributed by atoms with Crippen LogP contribution in [0.25, 0.3) is 0 Å². The Morgan fingerprint density at radius 3 is 2.73 bits per heavy atom. The van der Waals surface area contributed by atoms with Crippen LogP contribution in [-0.2, 0) is 17.6 Å². The normalized spacial score (nSPS) is 14.2. The lowest BCUT2D eigenvalue weighted by molar-refractivity contribution is -0.127. The number of hydrogen-bond donors (Lipinski definition) is 1. The second-order valence-electron chi connectivity index (χ2n) is 6.45. The van der Waals surface area contributed by atoms with Crippen molar-refractivity contribution in [1.29, 1.82) is 0 Å². The van der Waals surface area contributed by atoms with Gasteiger partial charge in [0.25, 0.3) is 5.91 Å². The van der Waals surface area contributed by atoms with Crippen LogP contribution in [0.4, 0.5) is 4.39 Å². The highest BCUT2D eigenvalue weighted by atomic mass is 19.1. The first-order valence-electron chi connectivity index (χ1n) is 9.07. The summed E-state index contributed by atoms with van der Waals surface area (Å²) in [7, 11) is 0. The van der Waals surface area contributed by atoms with E-state index in [0.717, 1.165) is 25.0 Å². The highest BCUT2D eigenvalue weighted by Crippen LogP contribution is 2.30. The second-order valence-corrected chi connectivity index (χ2v) is 6.45.